The molecule has 1 amide bonds. The number of anilines is 1. The predicted molar refractivity (Wildman–Crippen MR) is 86.0 cm³/mol. The molecule has 0 radical (unpaired) electrons. The number of carbonyl (C=O) groups is 1. The van der Waals surface area contributed by atoms with Gasteiger partial charge in [-0.15, -0.1) is 0 Å². The molecule has 0 aliphatic carbocycles. The van der Waals surface area contributed by atoms with E-state index in [4.69, 9.17) is 16.3 Å². The van der Waals surface area contributed by atoms with Crippen LogP contribution in [0.15, 0.2) is 48.5 Å². The molecular formula is C17H18ClNO2. The van der Waals surface area contributed by atoms with Gasteiger partial charge in [-0.1, -0.05) is 30.7 Å². The molecule has 0 aliphatic heterocycles. The topological polar surface area (TPSA) is 38.3 Å². The summed E-state index contributed by atoms with van der Waals surface area (Å²) in [5, 5.41) is 3.44. The van der Waals surface area contributed by atoms with Crippen LogP contribution in [-0.4, -0.2) is 12.5 Å². The molecule has 0 heterocycles. The Bertz CT molecular complexity index is 579. The predicted octanol–water partition coefficient (Wildman–Crippen LogP) is 4.31. The molecule has 2 aromatic carbocycles. The number of rotatable bonds is 6. The molecule has 21 heavy (non-hydrogen) atoms. The van der Waals surface area contributed by atoms with Crippen molar-refractivity contribution in [1.82, 2.24) is 0 Å². The molecule has 2 rings (SSSR count). The highest BCUT2D eigenvalue weighted by atomic mass is 35.5. The maximum absolute atomic E-state index is 11.8. The molecule has 0 aliphatic rings. The number of ether oxygens (including phenoxy) is 1. The van der Waals surface area contributed by atoms with Crippen molar-refractivity contribution < 1.29 is 9.53 Å². The van der Waals surface area contributed by atoms with Crippen LogP contribution in [0.1, 0.15) is 18.9 Å². The van der Waals surface area contributed by atoms with Crippen LogP contribution in [0.4, 0.5) is 5.69 Å². The lowest BCUT2D eigenvalue weighted by molar-refractivity contribution is -0.116. The second-order valence-electron chi connectivity index (χ2n) is 4.65. The van der Waals surface area contributed by atoms with E-state index in [2.05, 4.69) is 12.2 Å². The normalized spacial score (nSPS) is 10.2. The molecule has 2 aromatic rings. The molecule has 0 aromatic heterocycles. The minimum atomic E-state index is -0.0810. The fourth-order valence-electron chi connectivity index (χ4n) is 1.84. The van der Waals surface area contributed by atoms with E-state index >= 15 is 0 Å². The van der Waals surface area contributed by atoms with Crippen molar-refractivity contribution in [3.8, 4) is 5.75 Å². The van der Waals surface area contributed by atoms with Crippen LogP contribution in [0.2, 0.25) is 5.02 Å². The number of amides is 1. The highest BCUT2D eigenvalue weighted by Gasteiger charge is 2.03. The van der Waals surface area contributed by atoms with Crippen LogP contribution in [0.3, 0.4) is 0 Å². The minimum absolute atomic E-state index is 0.0810. The molecule has 3 nitrogen and oxygen atoms in total. The molecule has 0 saturated heterocycles. The second kappa shape index (κ2) is 7.70. The van der Waals surface area contributed by atoms with Crippen molar-refractivity contribution in [3.05, 3.63) is 59.1 Å². The summed E-state index contributed by atoms with van der Waals surface area (Å²) in [6.45, 7) is 2.46. The van der Waals surface area contributed by atoms with E-state index in [1.807, 2.05) is 24.3 Å². The molecule has 1 N–H and O–H groups in total. The van der Waals surface area contributed by atoms with Crippen molar-refractivity contribution in [1.29, 1.82) is 0 Å². The third-order valence-electron chi connectivity index (χ3n) is 3.06. The van der Waals surface area contributed by atoms with Gasteiger partial charge in [0.1, 0.15) is 5.75 Å². The SMILES string of the molecule is CCc1ccc(OCCC(=O)Nc2ccc(Cl)cc2)cc1. The standard InChI is InChI=1S/C17H18ClNO2/c1-2-13-3-9-16(10-4-13)21-12-11-17(20)19-15-7-5-14(18)6-8-15/h3-10H,2,11-12H2,1H3,(H,19,20). The average Bonchev–Trinajstić information content (AvgIpc) is 2.50. The third kappa shape index (κ3) is 5.12. The van der Waals surface area contributed by atoms with Crippen LogP contribution in [-0.2, 0) is 11.2 Å². The fraction of sp³-hybridized carbons (Fsp3) is 0.235. The number of carbonyl (C=O) groups excluding carboxylic acids is 1. The van der Waals surface area contributed by atoms with E-state index in [0.29, 0.717) is 18.1 Å². The summed E-state index contributed by atoms with van der Waals surface area (Å²) >= 11 is 5.79. The Labute approximate surface area is 129 Å². The first-order valence-electron chi connectivity index (χ1n) is 6.94. The number of nitrogens with one attached hydrogen (secondary N) is 1. The van der Waals surface area contributed by atoms with Gasteiger partial charge in [0, 0.05) is 10.7 Å². The second-order valence-corrected chi connectivity index (χ2v) is 5.09. The van der Waals surface area contributed by atoms with Crippen molar-refractivity contribution in [2.45, 2.75) is 19.8 Å². The van der Waals surface area contributed by atoms with Gasteiger partial charge < -0.3 is 10.1 Å². The Morgan fingerprint density at radius 1 is 1.10 bits per heavy atom. The Kier molecular flexibility index (Phi) is 5.64. The summed E-state index contributed by atoms with van der Waals surface area (Å²) in [5.74, 6) is 0.703. The lowest BCUT2D eigenvalue weighted by Gasteiger charge is -2.08. The van der Waals surface area contributed by atoms with Crippen LogP contribution in [0.25, 0.3) is 0 Å². The molecule has 0 bridgehead atoms. The average molecular weight is 304 g/mol. The third-order valence-corrected chi connectivity index (χ3v) is 3.31. The van der Waals surface area contributed by atoms with Crippen LogP contribution >= 0.6 is 11.6 Å². The first-order valence-corrected chi connectivity index (χ1v) is 7.32. The molecule has 110 valence electrons. The van der Waals surface area contributed by atoms with Gasteiger partial charge in [0.25, 0.3) is 0 Å². The van der Waals surface area contributed by atoms with Gasteiger partial charge in [0.2, 0.25) is 5.91 Å². The van der Waals surface area contributed by atoms with Crippen LogP contribution in [0, 0.1) is 0 Å². The summed E-state index contributed by atoms with van der Waals surface area (Å²) in [4.78, 5) is 11.8. The first-order chi connectivity index (χ1) is 10.2. The monoisotopic (exact) mass is 303 g/mol. The summed E-state index contributed by atoms with van der Waals surface area (Å²) < 4.78 is 5.55. The van der Waals surface area contributed by atoms with Crippen LogP contribution < -0.4 is 10.1 Å². The zero-order valence-corrected chi connectivity index (χ0v) is 12.7. The summed E-state index contributed by atoms with van der Waals surface area (Å²) in [6.07, 6.45) is 1.31. The summed E-state index contributed by atoms with van der Waals surface area (Å²) in [5.41, 5.74) is 2.00. The number of aryl methyl sites for hydroxylation is 1. The Balaban J connectivity index is 1.74. The van der Waals surface area contributed by atoms with Gasteiger partial charge in [-0.3, -0.25) is 4.79 Å². The molecule has 0 atom stereocenters. The zero-order valence-electron chi connectivity index (χ0n) is 11.9. The molecule has 0 unspecified atom stereocenters. The lowest BCUT2D eigenvalue weighted by Crippen LogP contribution is -2.15. The molecule has 0 saturated carbocycles. The van der Waals surface area contributed by atoms with E-state index < -0.39 is 0 Å². The number of hydrogen-bond acceptors (Lipinski definition) is 2. The van der Waals surface area contributed by atoms with Gasteiger partial charge in [-0.25, -0.2) is 0 Å². The summed E-state index contributed by atoms with van der Waals surface area (Å²) in [7, 11) is 0. The number of benzene rings is 2. The lowest BCUT2D eigenvalue weighted by atomic mass is 10.2. The van der Waals surface area contributed by atoms with Crippen molar-refractivity contribution >= 4 is 23.2 Å². The molecule has 0 spiro atoms. The molecular weight excluding hydrogens is 286 g/mol. The number of halogens is 1. The van der Waals surface area contributed by atoms with E-state index in [0.717, 1.165) is 17.9 Å². The van der Waals surface area contributed by atoms with Crippen molar-refractivity contribution in [2.75, 3.05) is 11.9 Å². The smallest absolute Gasteiger partial charge is 0.227 e. The van der Waals surface area contributed by atoms with Gasteiger partial charge in [0.05, 0.1) is 13.0 Å². The van der Waals surface area contributed by atoms with E-state index in [-0.39, 0.29) is 5.91 Å². The quantitative estimate of drug-likeness (QED) is 0.863. The molecule has 4 heteroatoms. The van der Waals surface area contributed by atoms with Crippen LogP contribution in [0.5, 0.6) is 5.75 Å². The summed E-state index contributed by atoms with van der Waals surface area (Å²) in [6, 6.07) is 14.9. The number of hydrogen-bond donors (Lipinski definition) is 1. The molecule has 0 fully saturated rings. The van der Waals surface area contributed by atoms with E-state index in [1.165, 1.54) is 5.56 Å². The van der Waals surface area contributed by atoms with E-state index in [1.54, 1.807) is 24.3 Å². The first kappa shape index (κ1) is 15.4. The largest absolute Gasteiger partial charge is 0.493 e. The Hall–Kier alpha value is -2.00. The minimum Gasteiger partial charge on any atom is -0.493 e. The highest BCUT2D eigenvalue weighted by Crippen LogP contribution is 2.14. The Morgan fingerprint density at radius 3 is 2.38 bits per heavy atom. The maximum Gasteiger partial charge on any atom is 0.227 e. The van der Waals surface area contributed by atoms with Gasteiger partial charge in [0.15, 0.2) is 0 Å². The Morgan fingerprint density at radius 2 is 1.76 bits per heavy atom. The highest BCUT2D eigenvalue weighted by molar-refractivity contribution is 6.30. The van der Waals surface area contributed by atoms with Gasteiger partial charge in [-0.2, -0.15) is 0 Å². The zero-order chi connectivity index (χ0) is 15.1. The van der Waals surface area contributed by atoms with Crippen molar-refractivity contribution in [2.24, 2.45) is 0 Å². The van der Waals surface area contributed by atoms with Gasteiger partial charge >= 0.3 is 0 Å². The fourth-order valence-corrected chi connectivity index (χ4v) is 1.97. The van der Waals surface area contributed by atoms with Gasteiger partial charge in [-0.05, 0) is 48.4 Å². The van der Waals surface area contributed by atoms with E-state index in [9.17, 15) is 4.79 Å². The van der Waals surface area contributed by atoms with Crippen molar-refractivity contribution in [3.63, 3.8) is 0 Å². The maximum atomic E-state index is 11.8.